The highest BCUT2D eigenvalue weighted by Gasteiger charge is 2.24. The summed E-state index contributed by atoms with van der Waals surface area (Å²) in [5, 5.41) is 12.3. The molecule has 9 heteroatoms. The fourth-order valence-corrected chi connectivity index (χ4v) is 2.81. The van der Waals surface area contributed by atoms with Crippen LogP contribution in [0.2, 0.25) is 0 Å². The Bertz CT molecular complexity index is 952. The summed E-state index contributed by atoms with van der Waals surface area (Å²) < 4.78 is 5.24. The summed E-state index contributed by atoms with van der Waals surface area (Å²) in [7, 11) is 0. The van der Waals surface area contributed by atoms with E-state index in [9.17, 15) is 24.5 Å². The quantitative estimate of drug-likeness (QED) is 0.289. The normalized spacial score (nSPS) is 15.0. The first kappa shape index (κ1) is 17.4. The van der Waals surface area contributed by atoms with E-state index in [-0.39, 0.29) is 21.9 Å². The number of non-ortho nitro benzene ring substituents is 1. The summed E-state index contributed by atoms with van der Waals surface area (Å²) in [6.07, 6.45) is 1.51. The number of amides is 2. The van der Waals surface area contributed by atoms with E-state index < -0.39 is 22.0 Å². The molecule has 2 aromatic carbocycles. The number of nitro groups is 1. The molecule has 0 saturated carbocycles. The monoisotopic (exact) mass is 370 g/mol. The zero-order chi connectivity index (χ0) is 18.7. The molecule has 26 heavy (non-hydrogen) atoms. The molecule has 8 nitrogen and oxygen atoms in total. The molecule has 0 aromatic heterocycles. The number of hydrogen-bond donors (Lipinski definition) is 1. The third kappa shape index (κ3) is 3.95. The van der Waals surface area contributed by atoms with Crippen molar-refractivity contribution < 1.29 is 24.0 Å². The van der Waals surface area contributed by atoms with Crippen LogP contribution in [-0.2, 0) is 4.79 Å². The lowest BCUT2D eigenvalue weighted by atomic mass is 10.2. The van der Waals surface area contributed by atoms with Crippen molar-refractivity contribution in [1.29, 1.82) is 0 Å². The number of esters is 1. The summed E-state index contributed by atoms with van der Waals surface area (Å²) >= 11 is 0.788. The van der Waals surface area contributed by atoms with Crippen LogP contribution < -0.4 is 10.1 Å². The van der Waals surface area contributed by atoms with E-state index in [2.05, 4.69) is 5.32 Å². The highest BCUT2D eigenvalue weighted by atomic mass is 32.2. The van der Waals surface area contributed by atoms with Gasteiger partial charge in [-0.05, 0) is 47.7 Å². The Morgan fingerprint density at radius 3 is 2.50 bits per heavy atom. The van der Waals surface area contributed by atoms with Crippen molar-refractivity contribution in [3.05, 3.63) is 74.7 Å². The van der Waals surface area contributed by atoms with Crippen LogP contribution in [-0.4, -0.2) is 22.0 Å². The third-order valence-electron chi connectivity index (χ3n) is 3.32. The Kier molecular flexibility index (Phi) is 4.81. The van der Waals surface area contributed by atoms with Gasteiger partial charge in [-0.1, -0.05) is 12.1 Å². The van der Waals surface area contributed by atoms with Crippen LogP contribution >= 0.6 is 11.8 Å². The van der Waals surface area contributed by atoms with E-state index in [0.717, 1.165) is 11.8 Å². The number of nitro benzene ring substituents is 1. The van der Waals surface area contributed by atoms with Crippen LogP contribution in [0.3, 0.4) is 0 Å². The zero-order valence-electron chi connectivity index (χ0n) is 13.0. The Morgan fingerprint density at radius 2 is 1.88 bits per heavy atom. The second-order valence-corrected chi connectivity index (χ2v) is 6.13. The lowest BCUT2D eigenvalue weighted by molar-refractivity contribution is -0.384. The summed E-state index contributed by atoms with van der Waals surface area (Å²) in [5.41, 5.74) is 0.610. The Balaban J connectivity index is 1.75. The number of nitrogens with one attached hydrogen (secondary N) is 1. The van der Waals surface area contributed by atoms with Gasteiger partial charge in [0, 0.05) is 12.1 Å². The molecule has 0 radical (unpaired) electrons. The van der Waals surface area contributed by atoms with E-state index in [4.69, 9.17) is 4.74 Å². The van der Waals surface area contributed by atoms with Crippen molar-refractivity contribution >= 4 is 40.6 Å². The van der Waals surface area contributed by atoms with Gasteiger partial charge in [0.15, 0.2) is 0 Å². The minimum atomic E-state index is -0.673. The molecule has 1 aliphatic heterocycles. The van der Waals surface area contributed by atoms with Crippen LogP contribution in [0.25, 0.3) is 6.08 Å². The molecule has 1 heterocycles. The van der Waals surface area contributed by atoms with E-state index >= 15 is 0 Å². The van der Waals surface area contributed by atoms with Crippen LogP contribution in [0.5, 0.6) is 5.75 Å². The maximum absolute atomic E-state index is 12.1. The van der Waals surface area contributed by atoms with Crippen LogP contribution in [0.4, 0.5) is 10.5 Å². The van der Waals surface area contributed by atoms with Crippen molar-refractivity contribution in [2.24, 2.45) is 0 Å². The molecule has 2 aromatic rings. The van der Waals surface area contributed by atoms with E-state index in [1.54, 1.807) is 18.2 Å². The van der Waals surface area contributed by atoms with Crippen LogP contribution in [0, 0.1) is 10.1 Å². The van der Waals surface area contributed by atoms with Gasteiger partial charge in [-0.25, -0.2) is 4.79 Å². The largest absolute Gasteiger partial charge is 0.423 e. The molecular formula is C17H10N2O6S. The van der Waals surface area contributed by atoms with Gasteiger partial charge in [0.2, 0.25) is 0 Å². The second kappa shape index (κ2) is 7.19. The molecule has 0 bridgehead atoms. The summed E-state index contributed by atoms with van der Waals surface area (Å²) in [6.45, 7) is 0. The molecule has 1 aliphatic rings. The Hall–Kier alpha value is -3.46. The third-order valence-corrected chi connectivity index (χ3v) is 4.13. The number of rotatable bonds is 4. The minimum Gasteiger partial charge on any atom is -0.423 e. The van der Waals surface area contributed by atoms with Gasteiger partial charge >= 0.3 is 5.97 Å². The molecule has 1 fully saturated rings. The van der Waals surface area contributed by atoms with Crippen molar-refractivity contribution in [3.8, 4) is 5.75 Å². The average molecular weight is 370 g/mol. The first-order valence-corrected chi connectivity index (χ1v) is 8.05. The fourth-order valence-electron chi connectivity index (χ4n) is 2.13. The van der Waals surface area contributed by atoms with E-state index in [1.165, 1.54) is 36.4 Å². The Labute approximate surface area is 151 Å². The molecular weight excluding hydrogens is 360 g/mol. The maximum Gasteiger partial charge on any atom is 0.343 e. The number of ether oxygens (including phenoxy) is 1. The number of nitrogens with zero attached hydrogens (tertiary/aromatic N) is 1. The fraction of sp³-hybridized carbons (Fsp3) is 0. The highest BCUT2D eigenvalue weighted by Crippen LogP contribution is 2.26. The first-order chi connectivity index (χ1) is 12.4. The van der Waals surface area contributed by atoms with E-state index in [0.29, 0.717) is 5.56 Å². The molecule has 0 unspecified atom stereocenters. The van der Waals surface area contributed by atoms with Crippen molar-refractivity contribution in [3.63, 3.8) is 0 Å². The van der Waals surface area contributed by atoms with Crippen LogP contribution in [0.1, 0.15) is 15.9 Å². The first-order valence-electron chi connectivity index (χ1n) is 7.24. The maximum atomic E-state index is 12.1. The smallest absolute Gasteiger partial charge is 0.343 e. The standard InChI is InChI=1S/C17H10N2O6S/c20-15-14(26-17(22)18-15)9-10-2-1-3-13(8-10)25-16(21)11-4-6-12(7-5-11)19(23)24/h1-9H,(H,18,20,22)/b14-9-. The minimum absolute atomic E-state index is 0.128. The van der Waals surface area contributed by atoms with Gasteiger partial charge in [0.1, 0.15) is 5.75 Å². The topological polar surface area (TPSA) is 116 Å². The number of imide groups is 1. The number of carbonyl (C=O) groups excluding carboxylic acids is 3. The number of hydrogen-bond acceptors (Lipinski definition) is 7. The van der Waals surface area contributed by atoms with E-state index in [1.807, 2.05) is 0 Å². The summed E-state index contributed by atoms with van der Waals surface area (Å²) in [5.74, 6) is -0.918. The van der Waals surface area contributed by atoms with Crippen molar-refractivity contribution in [2.45, 2.75) is 0 Å². The zero-order valence-corrected chi connectivity index (χ0v) is 13.8. The number of carbonyl (C=O) groups is 3. The Morgan fingerprint density at radius 1 is 1.15 bits per heavy atom. The van der Waals surface area contributed by atoms with Crippen molar-refractivity contribution in [2.75, 3.05) is 0 Å². The van der Waals surface area contributed by atoms with Gasteiger partial charge in [0.25, 0.3) is 16.8 Å². The molecule has 130 valence electrons. The lowest BCUT2D eigenvalue weighted by Gasteiger charge is -2.05. The predicted octanol–water partition coefficient (Wildman–Crippen LogP) is 3.14. The molecule has 0 aliphatic carbocycles. The van der Waals surface area contributed by atoms with Gasteiger partial charge < -0.3 is 4.74 Å². The van der Waals surface area contributed by atoms with Gasteiger partial charge in [-0.3, -0.25) is 25.0 Å². The average Bonchev–Trinajstić information content (AvgIpc) is 2.92. The molecule has 1 N–H and O–H groups in total. The lowest BCUT2D eigenvalue weighted by Crippen LogP contribution is -2.17. The number of benzene rings is 2. The summed E-state index contributed by atoms with van der Waals surface area (Å²) in [6, 6.07) is 11.4. The van der Waals surface area contributed by atoms with Gasteiger partial charge in [0.05, 0.1) is 15.4 Å². The summed E-state index contributed by atoms with van der Waals surface area (Å²) in [4.78, 5) is 45.2. The second-order valence-electron chi connectivity index (χ2n) is 5.12. The highest BCUT2D eigenvalue weighted by molar-refractivity contribution is 8.18. The van der Waals surface area contributed by atoms with Crippen LogP contribution in [0.15, 0.2) is 53.4 Å². The molecule has 1 saturated heterocycles. The molecule has 0 atom stereocenters. The SMILES string of the molecule is O=C1NC(=O)/C(=C/c2cccc(OC(=O)c3ccc([N+](=O)[O-])cc3)c2)S1. The molecule has 2 amide bonds. The molecule has 3 rings (SSSR count). The van der Waals surface area contributed by atoms with Gasteiger partial charge in [-0.2, -0.15) is 0 Å². The number of thioether (sulfide) groups is 1. The van der Waals surface area contributed by atoms with Gasteiger partial charge in [-0.15, -0.1) is 0 Å². The predicted molar refractivity (Wildman–Crippen MR) is 93.6 cm³/mol. The molecule has 0 spiro atoms. The van der Waals surface area contributed by atoms with Crippen molar-refractivity contribution in [1.82, 2.24) is 5.32 Å².